The summed E-state index contributed by atoms with van der Waals surface area (Å²) in [5.41, 5.74) is 8.92. The quantitative estimate of drug-likeness (QED) is 0.780. The van der Waals surface area contributed by atoms with Crippen LogP contribution < -0.4 is 5.73 Å². The number of rotatable bonds is 5. The van der Waals surface area contributed by atoms with Crippen LogP contribution in [0.3, 0.4) is 0 Å². The molecule has 2 atom stereocenters. The van der Waals surface area contributed by atoms with Crippen molar-refractivity contribution in [1.29, 1.82) is 0 Å². The number of benzene rings is 1. The first-order valence-electron chi connectivity index (χ1n) is 6.01. The Morgan fingerprint density at radius 2 is 1.73 bits per heavy atom. The summed E-state index contributed by atoms with van der Waals surface area (Å²) >= 11 is 0. The molecule has 0 saturated carbocycles. The Morgan fingerprint density at radius 1 is 1.13 bits per heavy atom. The van der Waals surface area contributed by atoms with E-state index in [1.807, 2.05) is 0 Å². The zero-order chi connectivity index (χ0) is 11.3. The van der Waals surface area contributed by atoms with Crippen molar-refractivity contribution in [1.82, 2.24) is 0 Å². The SMILES string of the molecule is CCCC(N)C(CC)c1ccc(C)cc1. The highest BCUT2D eigenvalue weighted by atomic mass is 14.6. The van der Waals surface area contributed by atoms with Gasteiger partial charge in [-0.25, -0.2) is 0 Å². The molecule has 15 heavy (non-hydrogen) atoms. The number of hydrogen-bond acceptors (Lipinski definition) is 1. The van der Waals surface area contributed by atoms with Crippen LogP contribution in [0.2, 0.25) is 0 Å². The van der Waals surface area contributed by atoms with Gasteiger partial charge in [-0.15, -0.1) is 0 Å². The first kappa shape index (κ1) is 12.3. The van der Waals surface area contributed by atoms with Crippen molar-refractivity contribution in [2.24, 2.45) is 5.73 Å². The van der Waals surface area contributed by atoms with Gasteiger partial charge >= 0.3 is 0 Å². The third kappa shape index (κ3) is 3.35. The van der Waals surface area contributed by atoms with Gasteiger partial charge in [-0.1, -0.05) is 50.1 Å². The highest BCUT2D eigenvalue weighted by Gasteiger charge is 2.16. The number of nitrogens with two attached hydrogens (primary N) is 1. The Morgan fingerprint density at radius 3 is 2.20 bits per heavy atom. The van der Waals surface area contributed by atoms with Crippen molar-refractivity contribution in [3.05, 3.63) is 35.4 Å². The van der Waals surface area contributed by atoms with E-state index in [9.17, 15) is 0 Å². The Hall–Kier alpha value is -0.820. The summed E-state index contributed by atoms with van der Waals surface area (Å²) in [6.07, 6.45) is 3.42. The fraction of sp³-hybridized carbons (Fsp3) is 0.571. The van der Waals surface area contributed by atoms with Crippen LogP contribution in [0.25, 0.3) is 0 Å². The molecular formula is C14H23N. The Labute approximate surface area is 93.7 Å². The van der Waals surface area contributed by atoms with Crippen molar-refractivity contribution in [3.8, 4) is 0 Å². The lowest BCUT2D eigenvalue weighted by Gasteiger charge is -2.22. The Balaban J connectivity index is 2.77. The van der Waals surface area contributed by atoms with Gasteiger partial charge < -0.3 is 5.73 Å². The van der Waals surface area contributed by atoms with Crippen molar-refractivity contribution in [2.75, 3.05) is 0 Å². The van der Waals surface area contributed by atoms with Gasteiger partial charge in [0.05, 0.1) is 0 Å². The summed E-state index contributed by atoms with van der Waals surface area (Å²) in [5, 5.41) is 0. The van der Waals surface area contributed by atoms with Gasteiger partial charge in [0, 0.05) is 6.04 Å². The molecule has 0 bridgehead atoms. The minimum Gasteiger partial charge on any atom is -0.327 e. The van der Waals surface area contributed by atoms with E-state index >= 15 is 0 Å². The molecule has 0 spiro atoms. The lowest BCUT2D eigenvalue weighted by Crippen LogP contribution is -2.27. The molecule has 0 saturated heterocycles. The van der Waals surface area contributed by atoms with Crippen molar-refractivity contribution in [2.45, 2.75) is 52.0 Å². The highest BCUT2D eigenvalue weighted by Crippen LogP contribution is 2.24. The topological polar surface area (TPSA) is 26.0 Å². The molecule has 1 heteroatoms. The summed E-state index contributed by atoms with van der Waals surface area (Å²) in [6.45, 7) is 6.54. The van der Waals surface area contributed by atoms with E-state index in [0.717, 1.165) is 12.8 Å². The van der Waals surface area contributed by atoms with Crippen LogP contribution in [-0.4, -0.2) is 6.04 Å². The second-order valence-electron chi connectivity index (χ2n) is 4.38. The smallest absolute Gasteiger partial charge is 0.0108 e. The maximum atomic E-state index is 6.21. The molecule has 1 aromatic rings. The molecule has 0 amide bonds. The molecule has 1 aromatic carbocycles. The second-order valence-corrected chi connectivity index (χ2v) is 4.38. The van der Waals surface area contributed by atoms with Gasteiger partial charge in [-0.2, -0.15) is 0 Å². The van der Waals surface area contributed by atoms with Crippen molar-refractivity contribution >= 4 is 0 Å². The van der Waals surface area contributed by atoms with E-state index < -0.39 is 0 Å². The molecule has 0 aliphatic rings. The van der Waals surface area contributed by atoms with Crippen LogP contribution in [0.5, 0.6) is 0 Å². The molecule has 2 unspecified atom stereocenters. The van der Waals surface area contributed by atoms with Crippen LogP contribution in [-0.2, 0) is 0 Å². The lowest BCUT2D eigenvalue weighted by molar-refractivity contribution is 0.483. The summed E-state index contributed by atoms with van der Waals surface area (Å²) in [6, 6.07) is 9.11. The van der Waals surface area contributed by atoms with E-state index in [2.05, 4.69) is 45.0 Å². The maximum absolute atomic E-state index is 6.21. The van der Waals surface area contributed by atoms with Crippen LogP contribution >= 0.6 is 0 Å². The average Bonchev–Trinajstić information content (AvgIpc) is 2.22. The van der Waals surface area contributed by atoms with E-state index in [0.29, 0.717) is 12.0 Å². The molecular weight excluding hydrogens is 182 g/mol. The van der Waals surface area contributed by atoms with Crippen molar-refractivity contribution in [3.63, 3.8) is 0 Å². The molecule has 1 rings (SSSR count). The predicted octanol–water partition coefficient (Wildman–Crippen LogP) is 3.62. The standard InChI is InChI=1S/C14H23N/c1-4-6-14(15)13(5-2)12-9-7-11(3)8-10-12/h7-10,13-14H,4-6,15H2,1-3H3. The lowest BCUT2D eigenvalue weighted by atomic mass is 9.87. The zero-order valence-corrected chi connectivity index (χ0v) is 10.2. The number of aryl methyl sites for hydroxylation is 1. The summed E-state index contributed by atoms with van der Waals surface area (Å²) < 4.78 is 0. The summed E-state index contributed by atoms with van der Waals surface area (Å²) in [7, 11) is 0. The van der Waals surface area contributed by atoms with Gasteiger partial charge in [0.15, 0.2) is 0 Å². The van der Waals surface area contributed by atoms with Crippen LogP contribution in [0.4, 0.5) is 0 Å². The Kier molecular flexibility index (Phi) is 4.83. The summed E-state index contributed by atoms with van der Waals surface area (Å²) in [4.78, 5) is 0. The maximum Gasteiger partial charge on any atom is 0.0108 e. The van der Waals surface area contributed by atoms with Gasteiger partial charge in [-0.05, 0) is 31.2 Å². The van der Waals surface area contributed by atoms with Gasteiger partial charge in [0.1, 0.15) is 0 Å². The first-order valence-corrected chi connectivity index (χ1v) is 6.01. The predicted molar refractivity (Wildman–Crippen MR) is 67.1 cm³/mol. The number of hydrogen-bond donors (Lipinski definition) is 1. The normalized spacial score (nSPS) is 14.9. The van der Waals surface area contributed by atoms with Crippen LogP contribution in [0.15, 0.2) is 24.3 Å². The zero-order valence-electron chi connectivity index (χ0n) is 10.2. The van der Waals surface area contributed by atoms with Crippen LogP contribution in [0, 0.1) is 6.92 Å². The minimum atomic E-state index is 0.308. The van der Waals surface area contributed by atoms with E-state index in [1.54, 1.807) is 0 Å². The third-order valence-corrected chi connectivity index (χ3v) is 3.08. The fourth-order valence-electron chi connectivity index (χ4n) is 2.13. The monoisotopic (exact) mass is 205 g/mol. The van der Waals surface area contributed by atoms with Gasteiger partial charge in [0.25, 0.3) is 0 Å². The molecule has 0 aliphatic heterocycles. The molecule has 0 fully saturated rings. The van der Waals surface area contributed by atoms with E-state index in [4.69, 9.17) is 5.73 Å². The van der Waals surface area contributed by atoms with Crippen molar-refractivity contribution < 1.29 is 0 Å². The second kappa shape index (κ2) is 5.92. The van der Waals surface area contributed by atoms with E-state index in [1.165, 1.54) is 17.5 Å². The third-order valence-electron chi connectivity index (χ3n) is 3.08. The largest absolute Gasteiger partial charge is 0.327 e. The molecule has 84 valence electrons. The van der Waals surface area contributed by atoms with Crippen LogP contribution in [0.1, 0.15) is 50.2 Å². The molecule has 0 radical (unpaired) electrons. The van der Waals surface area contributed by atoms with Gasteiger partial charge in [-0.3, -0.25) is 0 Å². The Bertz CT molecular complexity index is 276. The van der Waals surface area contributed by atoms with Gasteiger partial charge in [0.2, 0.25) is 0 Å². The summed E-state index contributed by atoms with van der Waals surface area (Å²) in [5.74, 6) is 0.519. The first-order chi connectivity index (χ1) is 7.19. The molecule has 0 aliphatic carbocycles. The molecule has 0 heterocycles. The van der Waals surface area contributed by atoms with E-state index in [-0.39, 0.29) is 0 Å². The average molecular weight is 205 g/mol. The fourth-order valence-corrected chi connectivity index (χ4v) is 2.13. The highest BCUT2D eigenvalue weighted by molar-refractivity contribution is 5.25. The molecule has 0 aromatic heterocycles. The molecule has 2 N–H and O–H groups in total. The molecule has 1 nitrogen and oxygen atoms in total. The minimum absolute atomic E-state index is 0.308.